The number of nitro groups is 1. The number of benzene rings is 1. The predicted molar refractivity (Wildman–Crippen MR) is 74.0 cm³/mol. The zero-order valence-electron chi connectivity index (χ0n) is 11.5. The molecule has 6 nitrogen and oxygen atoms in total. The average molecular weight is 278 g/mol. The summed E-state index contributed by atoms with van der Waals surface area (Å²) in [6.45, 7) is 1.32. The van der Waals surface area contributed by atoms with Crippen LogP contribution in [0.15, 0.2) is 18.2 Å². The SMILES string of the molecule is COc1ccc([N+](=O)[O-])c(C(=O)N2CCCCCC2)c1. The van der Waals surface area contributed by atoms with Crippen LogP contribution in [0.4, 0.5) is 5.69 Å². The van der Waals surface area contributed by atoms with Crippen molar-refractivity contribution in [1.29, 1.82) is 0 Å². The third-order valence-corrected chi connectivity index (χ3v) is 3.52. The number of methoxy groups -OCH3 is 1. The maximum absolute atomic E-state index is 12.5. The van der Waals surface area contributed by atoms with Gasteiger partial charge in [-0.25, -0.2) is 0 Å². The van der Waals surface area contributed by atoms with Gasteiger partial charge < -0.3 is 9.64 Å². The Hall–Kier alpha value is -2.11. The molecule has 0 N–H and O–H groups in total. The number of hydrogen-bond donors (Lipinski definition) is 0. The number of ether oxygens (including phenoxy) is 1. The van der Waals surface area contributed by atoms with Crippen molar-refractivity contribution >= 4 is 11.6 Å². The quantitative estimate of drug-likeness (QED) is 0.629. The summed E-state index contributed by atoms with van der Waals surface area (Å²) in [6, 6.07) is 4.27. The summed E-state index contributed by atoms with van der Waals surface area (Å²) >= 11 is 0. The Balaban J connectivity index is 2.33. The Kier molecular flexibility index (Phi) is 4.55. The summed E-state index contributed by atoms with van der Waals surface area (Å²) in [4.78, 5) is 24.8. The van der Waals surface area contributed by atoms with E-state index in [1.165, 1.54) is 25.3 Å². The van der Waals surface area contributed by atoms with Gasteiger partial charge in [-0.3, -0.25) is 14.9 Å². The van der Waals surface area contributed by atoms with Crippen molar-refractivity contribution in [3.63, 3.8) is 0 Å². The molecule has 0 atom stereocenters. The molecule has 0 radical (unpaired) electrons. The summed E-state index contributed by atoms with van der Waals surface area (Å²) in [5, 5.41) is 11.1. The van der Waals surface area contributed by atoms with Crippen molar-refractivity contribution in [2.45, 2.75) is 25.7 Å². The minimum atomic E-state index is -0.523. The lowest BCUT2D eigenvalue weighted by atomic mass is 10.1. The van der Waals surface area contributed by atoms with Crippen LogP contribution in [0.5, 0.6) is 5.75 Å². The fraction of sp³-hybridized carbons (Fsp3) is 0.500. The number of hydrogen-bond acceptors (Lipinski definition) is 4. The van der Waals surface area contributed by atoms with Crippen molar-refractivity contribution in [3.05, 3.63) is 33.9 Å². The van der Waals surface area contributed by atoms with Gasteiger partial charge in [0.25, 0.3) is 11.6 Å². The van der Waals surface area contributed by atoms with Crippen molar-refractivity contribution in [2.24, 2.45) is 0 Å². The monoisotopic (exact) mass is 278 g/mol. The van der Waals surface area contributed by atoms with Crippen LogP contribution >= 0.6 is 0 Å². The Labute approximate surface area is 117 Å². The highest BCUT2D eigenvalue weighted by atomic mass is 16.6. The highest BCUT2D eigenvalue weighted by molar-refractivity contribution is 5.98. The normalized spacial score (nSPS) is 15.6. The maximum atomic E-state index is 12.5. The Morgan fingerprint density at radius 2 is 1.90 bits per heavy atom. The van der Waals surface area contributed by atoms with E-state index in [0.29, 0.717) is 18.8 Å². The Morgan fingerprint density at radius 3 is 2.45 bits per heavy atom. The van der Waals surface area contributed by atoms with E-state index in [-0.39, 0.29) is 17.2 Å². The van der Waals surface area contributed by atoms with Gasteiger partial charge in [0.1, 0.15) is 11.3 Å². The molecule has 6 heteroatoms. The fourth-order valence-corrected chi connectivity index (χ4v) is 2.42. The minimum absolute atomic E-state index is 0.108. The molecule has 1 aromatic carbocycles. The average Bonchev–Trinajstić information content (AvgIpc) is 2.74. The van der Waals surface area contributed by atoms with E-state index >= 15 is 0 Å². The minimum Gasteiger partial charge on any atom is -0.497 e. The van der Waals surface area contributed by atoms with Crippen LogP contribution < -0.4 is 4.74 Å². The number of nitrogens with zero attached hydrogens (tertiary/aromatic N) is 2. The van der Waals surface area contributed by atoms with Crippen molar-refractivity contribution in [1.82, 2.24) is 4.90 Å². The predicted octanol–water partition coefficient (Wildman–Crippen LogP) is 2.62. The molecule has 1 saturated heterocycles. The number of likely N-dealkylation sites (tertiary alicyclic amines) is 1. The van der Waals surface area contributed by atoms with Gasteiger partial charge in [-0.2, -0.15) is 0 Å². The second kappa shape index (κ2) is 6.36. The Bertz CT molecular complexity index is 508. The van der Waals surface area contributed by atoms with Crippen LogP contribution in [-0.2, 0) is 0 Å². The van der Waals surface area contributed by atoms with Gasteiger partial charge in [-0.15, -0.1) is 0 Å². The van der Waals surface area contributed by atoms with Gasteiger partial charge in [0.15, 0.2) is 0 Å². The highest BCUT2D eigenvalue weighted by Gasteiger charge is 2.25. The molecule has 0 saturated carbocycles. The Morgan fingerprint density at radius 1 is 1.25 bits per heavy atom. The van der Waals surface area contributed by atoms with Gasteiger partial charge >= 0.3 is 0 Å². The molecular formula is C14H18N2O4. The van der Waals surface area contributed by atoms with E-state index in [0.717, 1.165) is 25.7 Å². The van der Waals surface area contributed by atoms with E-state index in [1.807, 2.05) is 0 Å². The largest absolute Gasteiger partial charge is 0.497 e. The molecule has 0 spiro atoms. The smallest absolute Gasteiger partial charge is 0.282 e. The molecule has 1 heterocycles. The van der Waals surface area contributed by atoms with Crippen LogP contribution in [-0.4, -0.2) is 35.9 Å². The molecule has 1 aliphatic rings. The van der Waals surface area contributed by atoms with Gasteiger partial charge in [0, 0.05) is 19.2 Å². The first-order valence-electron chi connectivity index (χ1n) is 6.75. The second-order valence-electron chi connectivity index (χ2n) is 4.85. The van der Waals surface area contributed by atoms with Gasteiger partial charge in [-0.05, 0) is 25.0 Å². The fourth-order valence-electron chi connectivity index (χ4n) is 2.42. The van der Waals surface area contributed by atoms with Crippen LogP contribution in [0.2, 0.25) is 0 Å². The summed E-state index contributed by atoms with van der Waals surface area (Å²) in [7, 11) is 1.47. The maximum Gasteiger partial charge on any atom is 0.282 e. The molecule has 20 heavy (non-hydrogen) atoms. The number of nitro benzene ring substituents is 1. The molecule has 1 aliphatic heterocycles. The van der Waals surface area contributed by atoms with Crippen LogP contribution in [0.25, 0.3) is 0 Å². The molecule has 1 aromatic rings. The van der Waals surface area contributed by atoms with E-state index in [2.05, 4.69) is 0 Å². The molecule has 0 bridgehead atoms. The molecule has 1 fully saturated rings. The molecule has 0 aliphatic carbocycles. The second-order valence-corrected chi connectivity index (χ2v) is 4.85. The first kappa shape index (κ1) is 14.3. The zero-order valence-corrected chi connectivity index (χ0v) is 11.5. The lowest BCUT2D eigenvalue weighted by molar-refractivity contribution is -0.385. The number of amides is 1. The van der Waals surface area contributed by atoms with Crippen molar-refractivity contribution in [3.8, 4) is 5.75 Å². The third kappa shape index (κ3) is 3.07. The number of rotatable bonds is 3. The highest BCUT2D eigenvalue weighted by Crippen LogP contribution is 2.26. The van der Waals surface area contributed by atoms with Crippen LogP contribution in [0, 0.1) is 10.1 Å². The van der Waals surface area contributed by atoms with E-state index < -0.39 is 4.92 Å². The molecule has 0 unspecified atom stereocenters. The first-order valence-corrected chi connectivity index (χ1v) is 6.75. The third-order valence-electron chi connectivity index (χ3n) is 3.52. The first-order chi connectivity index (χ1) is 9.63. The van der Waals surface area contributed by atoms with E-state index in [9.17, 15) is 14.9 Å². The zero-order chi connectivity index (χ0) is 14.5. The van der Waals surface area contributed by atoms with Gasteiger partial charge in [0.2, 0.25) is 0 Å². The number of carbonyl (C=O) groups is 1. The van der Waals surface area contributed by atoms with E-state index in [1.54, 1.807) is 4.90 Å². The van der Waals surface area contributed by atoms with E-state index in [4.69, 9.17) is 4.74 Å². The van der Waals surface area contributed by atoms with Crippen molar-refractivity contribution in [2.75, 3.05) is 20.2 Å². The van der Waals surface area contributed by atoms with Crippen molar-refractivity contribution < 1.29 is 14.5 Å². The molecule has 1 amide bonds. The number of carbonyl (C=O) groups excluding carboxylic acids is 1. The summed E-state index contributed by atoms with van der Waals surface area (Å²) < 4.78 is 5.06. The summed E-state index contributed by atoms with van der Waals surface area (Å²) in [6.07, 6.45) is 4.10. The lowest BCUT2D eigenvalue weighted by Gasteiger charge is -2.20. The summed E-state index contributed by atoms with van der Waals surface area (Å²) in [5.74, 6) is 0.172. The molecule has 2 rings (SSSR count). The van der Waals surface area contributed by atoms with Crippen LogP contribution in [0.3, 0.4) is 0 Å². The molecule has 0 aromatic heterocycles. The molecule has 108 valence electrons. The van der Waals surface area contributed by atoms with Crippen LogP contribution in [0.1, 0.15) is 36.0 Å². The standard InChI is InChI=1S/C14H18N2O4/c1-20-11-6-7-13(16(18)19)12(10-11)14(17)15-8-4-2-3-5-9-15/h6-7,10H,2-5,8-9H2,1H3. The van der Waals surface area contributed by atoms with Gasteiger partial charge in [0.05, 0.1) is 12.0 Å². The topological polar surface area (TPSA) is 72.7 Å². The summed E-state index contributed by atoms with van der Waals surface area (Å²) in [5.41, 5.74) is -0.0590. The molecular weight excluding hydrogens is 260 g/mol. The lowest BCUT2D eigenvalue weighted by Crippen LogP contribution is -2.32. The van der Waals surface area contributed by atoms with Gasteiger partial charge in [-0.1, -0.05) is 12.8 Å².